The number of hydrogen-bond acceptors (Lipinski definition) is 6. The normalized spacial score (nSPS) is 14.3. The van der Waals surface area contributed by atoms with Crippen LogP contribution in [0.1, 0.15) is 41.2 Å². The molecule has 1 amide bonds. The first-order chi connectivity index (χ1) is 14.9. The first-order valence-electron chi connectivity index (χ1n) is 10.3. The SMILES string of the molecule is CN(C)C(=O)c1cccc(Nc2c(NC(CC3CC3)c3ccccc3)c(=O)c2=O)c1O. The Hall–Kier alpha value is -3.61. The summed E-state index contributed by atoms with van der Waals surface area (Å²) in [6.45, 7) is 0. The van der Waals surface area contributed by atoms with Crippen LogP contribution in [0.15, 0.2) is 58.1 Å². The van der Waals surface area contributed by atoms with E-state index in [-0.39, 0.29) is 40.3 Å². The van der Waals surface area contributed by atoms with E-state index in [1.54, 1.807) is 26.2 Å². The van der Waals surface area contributed by atoms with Gasteiger partial charge in [0.25, 0.3) is 16.8 Å². The van der Waals surface area contributed by atoms with Crippen molar-refractivity contribution in [3.8, 4) is 5.75 Å². The lowest BCUT2D eigenvalue weighted by Gasteiger charge is -2.23. The Labute approximate surface area is 180 Å². The number of carbonyl (C=O) groups is 1. The lowest BCUT2D eigenvalue weighted by Crippen LogP contribution is -2.37. The van der Waals surface area contributed by atoms with Gasteiger partial charge in [-0.05, 0) is 30.0 Å². The van der Waals surface area contributed by atoms with Crippen LogP contribution in [-0.4, -0.2) is 30.0 Å². The van der Waals surface area contributed by atoms with Crippen molar-refractivity contribution < 1.29 is 9.90 Å². The van der Waals surface area contributed by atoms with Crippen molar-refractivity contribution >= 4 is 23.0 Å². The van der Waals surface area contributed by atoms with Crippen molar-refractivity contribution in [2.24, 2.45) is 5.92 Å². The fraction of sp³-hybridized carbons (Fsp3) is 0.292. The fourth-order valence-electron chi connectivity index (χ4n) is 3.67. The molecular weight excluding hydrogens is 394 g/mol. The van der Waals surface area contributed by atoms with E-state index >= 15 is 0 Å². The van der Waals surface area contributed by atoms with Gasteiger partial charge < -0.3 is 20.6 Å². The Bertz CT molecular complexity index is 1180. The topological polar surface area (TPSA) is 98.7 Å². The average molecular weight is 419 g/mol. The maximum Gasteiger partial charge on any atom is 0.257 e. The minimum Gasteiger partial charge on any atom is -0.505 e. The van der Waals surface area contributed by atoms with Gasteiger partial charge in [0.1, 0.15) is 11.4 Å². The van der Waals surface area contributed by atoms with E-state index in [0.717, 1.165) is 12.0 Å². The standard InChI is InChI=1S/C24H25N3O4/c1-27(2)24(31)16-9-6-10-17(21(16)28)25-19-20(23(30)22(19)29)26-18(13-14-11-12-14)15-7-4-3-5-8-15/h3-10,14,18,25-26,28H,11-13H2,1-2H3. The summed E-state index contributed by atoms with van der Waals surface area (Å²) in [6, 6.07) is 14.4. The Morgan fingerprint density at radius 2 is 1.71 bits per heavy atom. The second-order valence-corrected chi connectivity index (χ2v) is 8.22. The van der Waals surface area contributed by atoms with Gasteiger partial charge in [-0.3, -0.25) is 14.4 Å². The Morgan fingerprint density at radius 1 is 1.03 bits per heavy atom. The lowest BCUT2D eigenvalue weighted by atomic mass is 10.00. The summed E-state index contributed by atoms with van der Waals surface area (Å²) in [5.74, 6) is -0.0192. The third-order valence-corrected chi connectivity index (χ3v) is 5.63. The third-order valence-electron chi connectivity index (χ3n) is 5.63. The summed E-state index contributed by atoms with van der Waals surface area (Å²) in [5, 5.41) is 16.7. The molecule has 0 aromatic heterocycles. The Kier molecular flexibility index (Phi) is 5.50. The second kappa shape index (κ2) is 8.26. The van der Waals surface area contributed by atoms with Gasteiger partial charge in [0.2, 0.25) is 0 Å². The molecule has 7 nitrogen and oxygen atoms in total. The molecule has 1 saturated carbocycles. The number of hydrogen-bond donors (Lipinski definition) is 3. The molecule has 0 spiro atoms. The Morgan fingerprint density at radius 3 is 2.35 bits per heavy atom. The number of anilines is 3. The summed E-state index contributed by atoms with van der Waals surface area (Å²) in [7, 11) is 3.17. The first-order valence-corrected chi connectivity index (χ1v) is 10.3. The number of phenols is 1. The number of aromatic hydroxyl groups is 1. The molecule has 160 valence electrons. The smallest absolute Gasteiger partial charge is 0.257 e. The summed E-state index contributed by atoms with van der Waals surface area (Å²) in [5.41, 5.74) is 0.439. The van der Waals surface area contributed by atoms with Gasteiger partial charge in [0.05, 0.1) is 17.3 Å². The molecule has 1 unspecified atom stereocenters. The zero-order valence-corrected chi connectivity index (χ0v) is 17.5. The molecule has 1 fully saturated rings. The predicted molar refractivity (Wildman–Crippen MR) is 121 cm³/mol. The molecule has 1 aliphatic carbocycles. The molecule has 0 radical (unpaired) electrons. The van der Waals surface area contributed by atoms with E-state index in [4.69, 9.17) is 0 Å². The number of benzene rings is 2. The van der Waals surface area contributed by atoms with Crippen LogP contribution >= 0.6 is 0 Å². The van der Waals surface area contributed by atoms with Gasteiger partial charge in [0, 0.05) is 14.1 Å². The minimum absolute atomic E-state index is 0.0900. The maximum atomic E-state index is 12.3. The van der Waals surface area contributed by atoms with Crippen LogP contribution in [0.25, 0.3) is 0 Å². The average Bonchev–Trinajstić information content (AvgIpc) is 3.60. The number of rotatable bonds is 8. The number of para-hydroxylation sites is 1. The molecule has 3 N–H and O–H groups in total. The molecule has 7 heteroatoms. The molecular formula is C24H25N3O4. The van der Waals surface area contributed by atoms with Crippen molar-refractivity contribution in [2.45, 2.75) is 25.3 Å². The molecule has 4 rings (SSSR count). The van der Waals surface area contributed by atoms with Crippen LogP contribution in [0, 0.1) is 5.92 Å². The molecule has 0 bridgehead atoms. The molecule has 0 aliphatic heterocycles. The van der Waals surface area contributed by atoms with Crippen molar-refractivity contribution in [3.05, 3.63) is 80.1 Å². The number of nitrogens with zero attached hydrogens (tertiary/aromatic N) is 1. The van der Waals surface area contributed by atoms with Crippen molar-refractivity contribution in [2.75, 3.05) is 24.7 Å². The Balaban J connectivity index is 1.62. The van der Waals surface area contributed by atoms with Crippen LogP contribution in [0.3, 0.4) is 0 Å². The van der Waals surface area contributed by atoms with Crippen LogP contribution in [-0.2, 0) is 0 Å². The van der Waals surface area contributed by atoms with Crippen molar-refractivity contribution in [1.29, 1.82) is 0 Å². The largest absolute Gasteiger partial charge is 0.505 e. The van der Waals surface area contributed by atoms with E-state index < -0.39 is 10.9 Å². The number of carbonyl (C=O) groups excluding carboxylic acids is 1. The highest BCUT2D eigenvalue weighted by atomic mass is 16.3. The van der Waals surface area contributed by atoms with E-state index in [1.807, 2.05) is 30.3 Å². The van der Waals surface area contributed by atoms with Crippen LogP contribution < -0.4 is 21.5 Å². The molecule has 1 aliphatic rings. The van der Waals surface area contributed by atoms with Gasteiger partial charge in [0.15, 0.2) is 5.75 Å². The fourth-order valence-corrected chi connectivity index (χ4v) is 3.67. The van der Waals surface area contributed by atoms with Gasteiger partial charge >= 0.3 is 0 Å². The van der Waals surface area contributed by atoms with Gasteiger partial charge in [-0.15, -0.1) is 0 Å². The maximum absolute atomic E-state index is 12.3. The monoisotopic (exact) mass is 419 g/mol. The first kappa shape index (κ1) is 20.7. The van der Waals surface area contributed by atoms with Gasteiger partial charge in [-0.25, -0.2) is 0 Å². The highest BCUT2D eigenvalue weighted by Gasteiger charge is 2.30. The van der Waals surface area contributed by atoms with Crippen LogP contribution in [0.4, 0.5) is 17.1 Å². The number of amides is 1. The molecule has 0 heterocycles. The summed E-state index contributed by atoms with van der Waals surface area (Å²) < 4.78 is 0. The van der Waals surface area contributed by atoms with Crippen molar-refractivity contribution in [1.82, 2.24) is 4.90 Å². The van der Waals surface area contributed by atoms with Gasteiger partial charge in [-0.2, -0.15) is 0 Å². The molecule has 3 aromatic rings. The molecule has 31 heavy (non-hydrogen) atoms. The molecule has 3 aromatic carbocycles. The summed E-state index contributed by atoms with van der Waals surface area (Å²) in [4.78, 5) is 38.3. The molecule has 0 saturated heterocycles. The molecule has 1 atom stereocenters. The summed E-state index contributed by atoms with van der Waals surface area (Å²) in [6.07, 6.45) is 3.21. The van der Waals surface area contributed by atoms with Gasteiger partial charge in [-0.1, -0.05) is 49.2 Å². The van der Waals surface area contributed by atoms with Crippen LogP contribution in [0.5, 0.6) is 5.75 Å². The van der Waals surface area contributed by atoms with E-state index in [1.165, 1.54) is 23.8 Å². The number of phenolic OH excluding ortho intramolecular Hbond substituents is 1. The number of nitrogens with one attached hydrogen (secondary N) is 2. The highest BCUT2D eigenvalue weighted by Crippen LogP contribution is 2.40. The van der Waals surface area contributed by atoms with Crippen LogP contribution in [0.2, 0.25) is 0 Å². The van der Waals surface area contributed by atoms with Crippen molar-refractivity contribution in [3.63, 3.8) is 0 Å². The lowest BCUT2D eigenvalue weighted by molar-refractivity contribution is 0.0824. The minimum atomic E-state index is -0.649. The van der Waals surface area contributed by atoms with E-state index in [0.29, 0.717) is 5.92 Å². The predicted octanol–water partition coefficient (Wildman–Crippen LogP) is 3.39. The zero-order chi connectivity index (χ0) is 22.1. The van der Waals surface area contributed by atoms with E-state index in [2.05, 4.69) is 10.6 Å². The third kappa shape index (κ3) is 4.17. The summed E-state index contributed by atoms with van der Waals surface area (Å²) >= 11 is 0. The quantitative estimate of drug-likeness (QED) is 0.382. The van der Waals surface area contributed by atoms with E-state index in [9.17, 15) is 19.5 Å². The highest BCUT2D eigenvalue weighted by molar-refractivity contribution is 5.99. The zero-order valence-electron chi connectivity index (χ0n) is 17.5. The second-order valence-electron chi connectivity index (χ2n) is 8.22.